The van der Waals surface area contributed by atoms with Crippen molar-refractivity contribution in [3.05, 3.63) is 81.8 Å². The van der Waals surface area contributed by atoms with E-state index in [0.717, 1.165) is 17.7 Å². The molecule has 176 valence electrons. The van der Waals surface area contributed by atoms with E-state index in [9.17, 15) is 14.4 Å². The smallest absolute Gasteiger partial charge is 0.338 e. The molecule has 0 fully saturated rings. The van der Waals surface area contributed by atoms with Gasteiger partial charge in [-0.25, -0.2) is 9.78 Å². The predicted octanol–water partition coefficient (Wildman–Crippen LogP) is 4.24. The van der Waals surface area contributed by atoms with E-state index in [1.807, 2.05) is 30.3 Å². The van der Waals surface area contributed by atoms with E-state index in [2.05, 4.69) is 12.2 Å². The van der Waals surface area contributed by atoms with Gasteiger partial charge in [0.15, 0.2) is 5.16 Å². The highest BCUT2D eigenvalue weighted by molar-refractivity contribution is 8.00. The number of esters is 1. The van der Waals surface area contributed by atoms with Crippen molar-refractivity contribution >= 4 is 41.1 Å². The fraction of sp³-hybridized carbons (Fsp3) is 0.280. The lowest BCUT2D eigenvalue weighted by atomic mass is 10.2. The van der Waals surface area contributed by atoms with Gasteiger partial charge >= 0.3 is 5.97 Å². The summed E-state index contributed by atoms with van der Waals surface area (Å²) in [5.74, 6) is -0.525. The summed E-state index contributed by atoms with van der Waals surface area (Å²) in [6.45, 7) is 4.53. The minimum atomic E-state index is -0.400. The van der Waals surface area contributed by atoms with Gasteiger partial charge in [0.2, 0.25) is 5.91 Å². The monoisotopic (exact) mass is 495 g/mol. The van der Waals surface area contributed by atoms with Crippen molar-refractivity contribution in [2.24, 2.45) is 0 Å². The van der Waals surface area contributed by atoms with Gasteiger partial charge in [0.05, 0.1) is 35.1 Å². The summed E-state index contributed by atoms with van der Waals surface area (Å²) in [6, 6.07) is 16.3. The van der Waals surface area contributed by atoms with Crippen molar-refractivity contribution in [1.29, 1.82) is 0 Å². The van der Waals surface area contributed by atoms with Crippen LogP contribution < -0.4 is 10.9 Å². The Balaban J connectivity index is 1.48. The summed E-state index contributed by atoms with van der Waals surface area (Å²) in [6.07, 6.45) is 0.744. The standard InChI is InChI=1S/C25H25N3O4S2/c1-3-32-24(31)18-9-11-19(12-10-18)26-21(29)15-33-25-27-20-13-16(2)34-22(20)23(30)28(25)14-17-7-5-4-6-8-17/h4-12,16H,3,13-15H2,1-2H3,(H,26,29). The van der Waals surface area contributed by atoms with Crippen LogP contribution in [0.3, 0.4) is 0 Å². The number of nitrogens with one attached hydrogen (secondary N) is 1. The highest BCUT2D eigenvalue weighted by Crippen LogP contribution is 2.34. The Kier molecular flexibility index (Phi) is 7.74. The van der Waals surface area contributed by atoms with Gasteiger partial charge in [-0.2, -0.15) is 0 Å². The maximum Gasteiger partial charge on any atom is 0.338 e. The molecule has 2 heterocycles. The maximum absolute atomic E-state index is 13.3. The molecule has 1 atom stereocenters. The molecule has 0 spiro atoms. The summed E-state index contributed by atoms with van der Waals surface area (Å²) in [7, 11) is 0. The van der Waals surface area contributed by atoms with Crippen LogP contribution in [0.5, 0.6) is 0 Å². The summed E-state index contributed by atoms with van der Waals surface area (Å²) in [4.78, 5) is 43.1. The van der Waals surface area contributed by atoms with Gasteiger partial charge in [0.1, 0.15) is 0 Å². The minimum Gasteiger partial charge on any atom is -0.462 e. The number of carbonyl (C=O) groups is 2. The van der Waals surface area contributed by atoms with Gasteiger partial charge in [-0.15, -0.1) is 11.8 Å². The molecule has 7 nitrogen and oxygen atoms in total. The molecule has 0 radical (unpaired) electrons. The number of amides is 1. The number of thioether (sulfide) groups is 2. The number of anilines is 1. The molecule has 0 aliphatic carbocycles. The zero-order chi connectivity index (χ0) is 24.1. The van der Waals surface area contributed by atoms with E-state index in [4.69, 9.17) is 9.72 Å². The van der Waals surface area contributed by atoms with Crippen molar-refractivity contribution in [3.63, 3.8) is 0 Å². The topological polar surface area (TPSA) is 90.3 Å². The third-order valence-electron chi connectivity index (χ3n) is 5.16. The van der Waals surface area contributed by atoms with Crippen LogP contribution in [0.1, 0.15) is 35.5 Å². The minimum absolute atomic E-state index is 0.0549. The number of rotatable bonds is 8. The van der Waals surface area contributed by atoms with Gasteiger partial charge in [0, 0.05) is 17.4 Å². The number of nitrogens with zero attached hydrogens (tertiary/aromatic N) is 2. The average molecular weight is 496 g/mol. The first-order valence-corrected chi connectivity index (χ1v) is 12.8. The molecule has 0 saturated heterocycles. The molecular weight excluding hydrogens is 470 g/mol. The van der Waals surface area contributed by atoms with Crippen LogP contribution >= 0.6 is 23.5 Å². The highest BCUT2D eigenvalue weighted by Gasteiger charge is 2.26. The number of hydrogen-bond donors (Lipinski definition) is 1. The number of ether oxygens (including phenoxy) is 1. The molecule has 1 N–H and O–H groups in total. The van der Waals surface area contributed by atoms with E-state index < -0.39 is 5.97 Å². The van der Waals surface area contributed by atoms with E-state index in [1.165, 1.54) is 11.8 Å². The number of fused-ring (bicyclic) bond motifs is 1. The largest absolute Gasteiger partial charge is 0.462 e. The third kappa shape index (κ3) is 5.71. The van der Waals surface area contributed by atoms with Crippen LogP contribution in [0.4, 0.5) is 5.69 Å². The van der Waals surface area contributed by atoms with Crippen LogP contribution in [0.25, 0.3) is 0 Å². The van der Waals surface area contributed by atoms with Gasteiger partial charge in [-0.3, -0.25) is 14.2 Å². The lowest BCUT2D eigenvalue weighted by molar-refractivity contribution is -0.113. The Hall–Kier alpha value is -3.04. The molecular formula is C25H25N3O4S2. The second-order valence-electron chi connectivity index (χ2n) is 7.81. The molecule has 1 aliphatic heterocycles. The first kappa shape index (κ1) is 24.1. The van der Waals surface area contributed by atoms with Crippen molar-refractivity contribution in [3.8, 4) is 0 Å². The Bertz CT molecular complexity index is 1240. The fourth-order valence-electron chi connectivity index (χ4n) is 3.58. The maximum atomic E-state index is 13.3. The molecule has 3 aromatic rings. The number of aromatic nitrogens is 2. The first-order chi connectivity index (χ1) is 16.4. The van der Waals surface area contributed by atoms with Gasteiger partial charge in [-0.1, -0.05) is 49.0 Å². The van der Waals surface area contributed by atoms with Crippen molar-refractivity contribution in [2.45, 2.75) is 42.1 Å². The summed E-state index contributed by atoms with van der Waals surface area (Å²) < 4.78 is 6.63. The van der Waals surface area contributed by atoms with Gasteiger partial charge < -0.3 is 10.1 Å². The van der Waals surface area contributed by atoms with E-state index >= 15 is 0 Å². The molecule has 34 heavy (non-hydrogen) atoms. The van der Waals surface area contributed by atoms with Crippen molar-refractivity contribution < 1.29 is 14.3 Å². The molecule has 0 bridgehead atoms. The molecule has 1 unspecified atom stereocenters. The molecule has 0 saturated carbocycles. The fourth-order valence-corrected chi connectivity index (χ4v) is 5.51. The van der Waals surface area contributed by atoms with Crippen LogP contribution in [0.15, 0.2) is 69.4 Å². The number of benzene rings is 2. The lowest BCUT2D eigenvalue weighted by Crippen LogP contribution is -2.26. The lowest BCUT2D eigenvalue weighted by Gasteiger charge is -2.14. The molecule has 1 aliphatic rings. The number of hydrogen-bond acceptors (Lipinski definition) is 7. The second kappa shape index (κ2) is 10.9. The van der Waals surface area contributed by atoms with Crippen LogP contribution in [-0.4, -0.2) is 39.0 Å². The molecule has 1 amide bonds. The molecule has 9 heteroatoms. The summed E-state index contributed by atoms with van der Waals surface area (Å²) in [5.41, 5.74) is 2.75. The van der Waals surface area contributed by atoms with Crippen LogP contribution in [-0.2, 0) is 22.5 Å². The molecule has 2 aromatic carbocycles. The predicted molar refractivity (Wildman–Crippen MR) is 135 cm³/mol. The zero-order valence-corrected chi connectivity index (χ0v) is 20.6. The van der Waals surface area contributed by atoms with Crippen LogP contribution in [0.2, 0.25) is 0 Å². The van der Waals surface area contributed by atoms with E-state index in [-0.39, 0.29) is 17.2 Å². The number of carbonyl (C=O) groups excluding carboxylic acids is 2. The average Bonchev–Trinajstić information content (AvgIpc) is 3.21. The normalized spacial score (nSPS) is 14.5. The van der Waals surface area contributed by atoms with Gasteiger partial charge in [-0.05, 0) is 36.8 Å². The Labute approximate surface area is 206 Å². The third-order valence-corrected chi connectivity index (χ3v) is 7.35. The molecule has 4 rings (SSSR count). The van der Waals surface area contributed by atoms with E-state index in [0.29, 0.717) is 39.7 Å². The Morgan fingerprint density at radius 3 is 2.62 bits per heavy atom. The first-order valence-electron chi connectivity index (χ1n) is 11.0. The Morgan fingerprint density at radius 1 is 1.18 bits per heavy atom. The van der Waals surface area contributed by atoms with Gasteiger partial charge in [0.25, 0.3) is 5.56 Å². The van der Waals surface area contributed by atoms with Crippen LogP contribution in [0, 0.1) is 0 Å². The summed E-state index contributed by atoms with van der Waals surface area (Å²) in [5, 5.41) is 3.67. The van der Waals surface area contributed by atoms with Crippen molar-refractivity contribution in [1.82, 2.24) is 9.55 Å². The van der Waals surface area contributed by atoms with Crippen molar-refractivity contribution in [2.75, 3.05) is 17.7 Å². The second-order valence-corrected chi connectivity index (χ2v) is 10.2. The Morgan fingerprint density at radius 2 is 1.91 bits per heavy atom. The quantitative estimate of drug-likeness (QED) is 0.284. The van der Waals surface area contributed by atoms with E-state index in [1.54, 1.807) is 47.5 Å². The summed E-state index contributed by atoms with van der Waals surface area (Å²) >= 11 is 2.81. The zero-order valence-electron chi connectivity index (χ0n) is 18.9. The highest BCUT2D eigenvalue weighted by atomic mass is 32.2. The SMILES string of the molecule is CCOC(=O)c1ccc(NC(=O)CSc2nc3c(c(=O)n2Cc2ccccc2)SC(C)C3)cc1. The molecule has 1 aromatic heterocycles.